The molecule has 0 fully saturated rings. The van der Waals surface area contributed by atoms with Crippen LogP contribution in [0.4, 0.5) is 23.7 Å². The van der Waals surface area contributed by atoms with E-state index in [9.17, 15) is 22.8 Å². The molecular formula is C15H15F3N4O3. The Balaban J connectivity index is 2.05. The van der Waals surface area contributed by atoms with Crippen molar-refractivity contribution in [3.8, 4) is 0 Å². The summed E-state index contributed by atoms with van der Waals surface area (Å²) in [7, 11) is 0. The van der Waals surface area contributed by atoms with Gasteiger partial charge in [-0.15, -0.1) is 0 Å². The fourth-order valence-electron chi connectivity index (χ4n) is 2.18. The summed E-state index contributed by atoms with van der Waals surface area (Å²) in [5, 5.41) is 17.0. The maximum atomic E-state index is 13.1. The van der Waals surface area contributed by atoms with E-state index in [1.807, 2.05) is 0 Å². The molecule has 0 saturated heterocycles. The average Bonchev–Trinajstić information content (AvgIpc) is 2.96. The first-order chi connectivity index (χ1) is 11.7. The lowest BCUT2D eigenvalue weighted by Gasteiger charge is -2.12. The maximum Gasteiger partial charge on any atom is 0.435 e. The molecule has 0 atom stereocenters. The number of benzene rings is 1. The number of aromatic nitrogens is 2. The van der Waals surface area contributed by atoms with Crippen LogP contribution in [0, 0.1) is 0 Å². The number of carbonyl (C=O) groups is 2. The number of urea groups is 1. The predicted octanol–water partition coefficient (Wildman–Crippen LogP) is 2.94. The van der Waals surface area contributed by atoms with E-state index >= 15 is 0 Å². The van der Waals surface area contributed by atoms with Crippen LogP contribution < -0.4 is 10.6 Å². The third kappa shape index (κ3) is 4.49. The molecule has 0 saturated carbocycles. The summed E-state index contributed by atoms with van der Waals surface area (Å²) in [5.74, 6) is -1.12. The summed E-state index contributed by atoms with van der Waals surface area (Å²) in [6.45, 7) is 1.46. The highest BCUT2D eigenvalue weighted by atomic mass is 19.4. The largest absolute Gasteiger partial charge is 0.478 e. The molecule has 0 radical (unpaired) electrons. The standard InChI is InChI=1S/C15H15F3N4O3/c1-2-22-12(15(16,17)18)11(8-20-22)21-14(25)19-7-9-4-3-5-10(6-9)13(23)24/h3-6,8H,2,7H2,1H3,(H,23,24)(H2,19,21,25). The van der Waals surface area contributed by atoms with E-state index in [1.54, 1.807) is 6.07 Å². The van der Waals surface area contributed by atoms with Crippen molar-refractivity contribution in [2.24, 2.45) is 0 Å². The molecule has 3 N–H and O–H groups in total. The number of hydrogen-bond donors (Lipinski definition) is 3. The van der Waals surface area contributed by atoms with Gasteiger partial charge in [0.25, 0.3) is 0 Å². The normalized spacial score (nSPS) is 11.2. The van der Waals surface area contributed by atoms with Crippen LogP contribution in [0.25, 0.3) is 0 Å². The Labute approximate surface area is 140 Å². The molecule has 0 aliphatic rings. The topological polar surface area (TPSA) is 96.3 Å². The summed E-state index contributed by atoms with van der Waals surface area (Å²) < 4.78 is 39.9. The van der Waals surface area contributed by atoms with Crippen LogP contribution >= 0.6 is 0 Å². The molecule has 0 bridgehead atoms. The Morgan fingerprint density at radius 2 is 2.04 bits per heavy atom. The number of alkyl halides is 3. The first kappa shape index (κ1) is 18.3. The van der Waals surface area contributed by atoms with Crippen molar-refractivity contribution in [3.05, 3.63) is 47.3 Å². The summed E-state index contributed by atoms with van der Waals surface area (Å²) in [6.07, 6.45) is -3.73. The highest BCUT2D eigenvalue weighted by Crippen LogP contribution is 2.34. The van der Waals surface area contributed by atoms with E-state index in [0.29, 0.717) is 5.56 Å². The molecule has 0 aliphatic heterocycles. The summed E-state index contributed by atoms with van der Waals surface area (Å²) in [6, 6.07) is 4.98. The van der Waals surface area contributed by atoms with E-state index in [1.165, 1.54) is 25.1 Å². The van der Waals surface area contributed by atoms with Crippen LogP contribution in [-0.2, 0) is 19.3 Å². The molecule has 7 nitrogen and oxygen atoms in total. The highest BCUT2D eigenvalue weighted by molar-refractivity contribution is 5.90. The van der Waals surface area contributed by atoms with Crippen molar-refractivity contribution >= 4 is 17.7 Å². The molecule has 10 heteroatoms. The number of carboxylic acid groups (broad SMARTS) is 1. The Hall–Kier alpha value is -3.04. The zero-order valence-electron chi connectivity index (χ0n) is 13.1. The number of carboxylic acids is 1. The van der Waals surface area contributed by atoms with E-state index in [-0.39, 0.29) is 18.7 Å². The van der Waals surface area contributed by atoms with Gasteiger partial charge < -0.3 is 15.7 Å². The Bertz CT molecular complexity index is 787. The molecule has 25 heavy (non-hydrogen) atoms. The van der Waals surface area contributed by atoms with Crippen LogP contribution in [0.1, 0.15) is 28.5 Å². The van der Waals surface area contributed by atoms with Crippen molar-refractivity contribution in [1.82, 2.24) is 15.1 Å². The van der Waals surface area contributed by atoms with Crippen LogP contribution in [-0.4, -0.2) is 26.9 Å². The number of halogens is 3. The summed E-state index contributed by atoms with van der Waals surface area (Å²) in [5.41, 5.74) is -0.956. The van der Waals surface area contributed by atoms with Gasteiger partial charge in [-0.1, -0.05) is 12.1 Å². The van der Waals surface area contributed by atoms with Crippen molar-refractivity contribution in [2.45, 2.75) is 26.2 Å². The molecule has 2 aromatic rings. The molecule has 0 unspecified atom stereocenters. The number of aryl methyl sites for hydroxylation is 1. The van der Waals surface area contributed by atoms with Crippen molar-refractivity contribution in [3.63, 3.8) is 0 Å². The van der Waals surface area contributed by atoms with Crippen molar-refractivity contribution in [2.75, 3.05) is 5.32 Å². The van der Waals surface area contributed by atoms with Crippen molar-refractivity contribution in [1.29, 1.82) is 0 Å². The second kappa shape index (κ2) is 7.24. The second-order valence-corrected chi connectivity index (χ2v) is 5.03. The van der Waals surface area contributed by atoms with Gasteiger partial charge in [0.1, 0.15) is 0 Å². The minimum Gasteiger partial charge on any atom is -0.478 e. The average molecular weight is 356 g/mol. The van der Waals surface area contributed by atoms with Crippen molar-refractivity contribution < 1.29 is 27.9 Å². The number of nitrogens with zero attached hydrogens (tertiary/aromatic N) is 2. The first-order valence-electron chi connectivity index (χ1n) is 7.22. The molecular weight excluding hydrogens is 341 g/mol. The fourth-order valence-corrected chi connectivity index (χ4v) is 2.18. The Morgan fingerprint density at radius 1 is 1.32 bits per heavy atom. The molecule has 1 aromatic heterocycles. The Morgan fingerprint density at radius 3 is 2.64 bits per heavy atom. The number of nitrogens with one attached hydrogen (secondary N) is 2. The number of carbonyl (C=O) groups excluding carboxylic acids is 1. The lowest BCUT2D eigenvalue weighted by molar-refractivity contribution is -0.143. The third-order valence-electron chi connectivity index (χ3n) is 3.28. The molecule has 134 valence electrons. The van der Waals surface area contributed by atoms with Gasteiger partial charge in [-0.3, -0.25) is 4.68 Å². The third-order valence-corrected chi connectivity index (χ3v) is 3.28. The monoisotopic (exact) mass is 356 g/mol. The van der Waals surface area contributed by atoms with Gasteiger partial charge in [0, 0.05) is 13.1 Å². The second-order valence-electron chi connectivity index (χ2n) is 5.03. The molecule has 0 aliphatic carbocycles. The molecule has 2 amide bonds. The van der Waals surface area contributed by atoms with E-state index in [4.69, 9.17) is 5.11 Å². The van der Waals surface area contributed by atoms with Crippen LogP contribution in [0.3, 0.4) is 0 Å². The maximum absolute atomic E-state index is 13.1. The number of aromatic carboxylic acids is 1. The van der Waals surface area contributed by atoms with Crippen LogP contribution in [0.2, 0.25) is 0 Å². The zero-order chi connectivity index (χ0) is 18.6. The predicted molar refractivity (Wildman–Crippen MR) is 82.2 cm³/mol. The zero-order valence-corrected chi connectivity index (χ0v) is 13.1. The van der Waals surface area contributed by atoms with E-state index in [2.05, 4.69) is 15.7 Å². The van der Waals surface area contributed by atoms with Gasteiger partial charge in [0.05, 0.1) is 17.4 Å². The highest BCUT2D eigenvalue weighted by Gasteiger charge is 2.38. The smallest absolute Gasteiger partial charge is 0.435 e. The minimum atomic E-state index is -4.66. The van der Waals surface area contributed by atoms with Crippen LogP contribution in [0.5, 0.6) is 0 Å². The summed E-state index contributed by atoms with van der Waals surface area (Å²) >= 11 is 0. The fraction of sp³-hybridized carbons (Fsp3) is 0.267. The number of rotatable bonds is 5. The lowest BCUT2D eigenvalue weighted by Crippen LogP contribution is -2.29. The number of amides is 2. The minimum absolute atomic E-state index is 0.000122. The molecule has 0 spiro atoms. The Kier molecular flexibility index (Phi) is 5.30. The quantitative estimate of drug-likeness (QED) is 0.767. The number of hydrogen-bond acceptors (Lipinski definition) is 3. The van der Waals surface area contributed by atoms with E-state index in [0.717, 1.165) is 10.9 Å². The molecule has 2 rings (SSSR count). The molecule has 1 aromatic carbocycles. The lowest BCUT2D eigenvalue weighted by atomic mass is 10.1. The first-order valence-corrected chi connectivity index (χ1v) is 7.22. The van der Waals surface area contributed by atoms with Gasteiger partial charge >= 0.3 is 18.2 Å². The number of anilines is 1. The van der Waals surface area contributed by atoms with Crippen LogP contribution in [0.15, 0.2) is 30.5 Å². The van der Waals surface area contributed by atoms with Gasteiger partial charge in [0.2, 0.25) is 0 Å². The van der Waals surface area contributed by atoms with Gasteiger partial charge in [-0.25, -0.2) is 9.59 Å². The van der Waals surface area contributed by atoms with Gasteiger partial charge in [0.15, 0.2) is 5.69 Å². The van der Waals surface area contributed by atoms with Gasteiger partial charge in [-0.05, 0) is 24.6 Å². The SMILES string of the molecule is CCn1ncc(NC(=O)NCc2cccc(C(=O)O)c2)c1C(F)(F)F. The van der Waals surface area contributed by atoms with E-state index < -0.39 is 29.6 Å². The molecule has 1 heterocycles. The van der Waals surface area contributed by atoms with Gasteiger partial charge in [-0.2, -0.15) is 18.3 Å². The summed E-state index contributed by atoms with van der Waals surface area (Å²) in [4.78, 5) is 22.7.